The molecule has 0 aromatic heterocycles. The third-order valence-corrected chi connectivity index (χ3v) is 1.34. The Bertz CT molecular complexity index is 113. The van der Waals surface area contributed by atoms with E-state index in [1.807, 2.05) is 0 Å². The maximum absolute atomic E-state index is 5.79. The highest BCUT2D eigenvalue weighted by Gasteiger charge is 2.07. The zero-order valence-corrected chi connectivity index (χ0v) is 7.57. The van der Waals surface area contributed by atoms with E-state index >= 15 is 0 Å². The first-order valence-electron chi connectivity index (χ1n) is 3.84. The van der Waals surface area contributed by atoms with E-state index in [4.69, 9.17) is 5.73 Å². The second-order valence-electron chi connectivity index (χ2n) is 3.81. The van der Waals surface area contributed by atoms with E-state index < -0.39 is 0 Å². The molecule has 0 heterocycles. The fourth-order valence-electron chi connectivity index (χ4n) is 0.733. The minimum Gasteiger partial charge on any atom is -0.326 e. The smallest absolute Gasteiger partial charge is 0.01000 e. The van der Waals surface area contributed by atoms with Crippen molar-refractivity contribution < 1.29 is 0 Å². The van der Waals surface area contributed by atoms with Gasteiger partial charge in [-0.3, -0.25) is 0 Å². The van der Waals surface area contributed by atoms with Gasteiger partial charge in [-0.2, -0.15) is 0 Å². The van der Waals surface area contributed by atoms with Crippen LogP contribution in [-0.2, 0) is 0 Å². The fourth-order valence-corrected chi connectivity index (χ4v) is 0.733. The number of hydrogen-bond donors (Lipinski definition) is 1. The Morgan fingerprint density at radius 3 is 2.20 bits per heavy atom. The first kappa shape index (κ1) is 9.70. The Labute approximate surface area is 64.3 Å². The standard InChI is InChI=1S/C9H19N/c1-8(2)6-5-7-9(3,4)10/h6H,5,7,10H2,1-4H3. The quantitative estimate of drug-likeness (QED) is 0.600. The molecule has 0 spiro atoms. The Hall–Kier alpha value is -0.300. The van der Waals surface area contributed by atoms with Crippen molar-refractivity contribution in [3.05, 3.63) is 11.6 Å². The van der Waals surface area contributed by atoms with E-state index in [2.05, 4.69) is 33.8 Å². The first-order valence-corrected chi connectivity index (χ1v) is 3.84. The molecule has 0 aromatic carbocycles. The van der Waals surface area contributed by atoms with E-state index in [1.165, 1.54) is 5.57 Å². The third-order valence-electron chi connectivity index (χ3n) is 1.34. The van der Waals surface area contributed by atoms with Crippen molar-refractivity contribution in [1.29, 1.82) is 0 Å². The molecule has 2 N–H and O–H groups in total. The molecular formula is C9H19N. The lowest BCUT2D eigenvalue weighted by Crippen LogP contribution is -2.31. The molecule has 0 aliphatic carbocycles. The van der Waals surface area contributed by atoms with Crippen LogP contribution in [0.5, 0.6) is 0 Å². The monoisotopic (exact) mass is 141 g/mol. The zero-order valence-electron chi connectivity index (χ0n) is 7.57. The van der Waals surface area contributed by atoms with Crippen LogP contribution in [0.3, 0.4) is 0 Å². The van der Waals surface area contributed by atoms with Gasteiger partial charge in [-0.1, -0.05) is 11.6 Å². The Kier molecular flexibility index (Phi) is 3.66. The van der Waals surface area contributed by atoms with Crippen LogP contribution < -0.4 is 5.73 Å². The molecule has 0 fully saturated rings. The maximum Gasteiger partial charge on any atom is 0.01000 e. The van der Waals surface area contributed by atoms with Gasteiger partial charge in [0, 0.05) is 5.54 Å². The van der Waals surface area contributed by atoms with Gasteiger partial charge < -0.3 is 5.73 Å². The van der Waals surface area contributed by atoms with Crippen LogP contribution in [0, 0.1) is 0 Å². The molecule has 0 rings (SSSR count). The Morgan fingerprint density at radius 1 is 1.40 bits per heavy atom. The predicted molar refractivity (Wildman–Crippen MR) is 46.9 cm³/mol. The molecule has 60 valence electrons. The maximum atomic E-state index is 5.79. The van der Waals surface area contributed by atoms with E-state index in [-0.39, 0.29) is 5.54 Å². The molecule has 0 radical (unpaired) electrons. The van der Waals surface area contributed by atoms with Crippen LogP contribution in [0.15, 0.2) is 11.6 Å². The molecule has 0 aliphatic rings. The molecular weight excluding hydrogens is 122 g/mol. The second kappa shape index (κ2) is 3.77. The van der Waals surface area contributed by atoms with E-state index in [0.29, 0.717) is 0 Å². The van der Waals surface area contributed by atoms with Crippen LogP contribution >= 0.6 is 0 Å². The number of hydrogen-bond acceptors (Lipinski definition) is 1. The van der Waals surface area contributed by atoms with Crippen molar-refractivity contribution in [3.8, 4) is 0 Å². The van der Waals surface area contributed by atoms with Crippen molar-refractivity contribution in [2.75, 3.05) is 0 Å². The first-order chi connectivity index (χ1) is 4.42. The van der Waals surface area contributed by atoms with Gasteiger partial charge in [0.2, 0.25) is 0 Å². The van der Waals surface area contributed by atoms with E-state index in [0.717, 1.165) is 12.8 Å². The van der Waals surface area contributed by atoms with Crippen molar-refractivity contribution >= 4 is 0 Å². The number of nitrogens with two attached hydrogens (primary N) is 1. The van der Waals surface area contributed by atoms with Gasteiger partial charge in [0.15, 0.2) is 0 Å². The number of rotatable bonds is 3. The molecule has 0 amide bonds. The zero-order chi connectivity index (χ0) is 8.20. The molecule has 0 saturated carbocycles. The average molecular weight is 141 g/mol. The lowest BCUT2D eigenvalue weighted by molar-refractivity contribution is 0.481. The van der Waals surface area contributed by atoms with Crippen LogP contribution in [0.1, 0.15) is 40.5 Å². The summed E-state index contributed by atoms with van der Waals surface area (Å²) in [5, 5.41) is 0. The lowest BCUT2D eigenvalue weighted by atomic mass is 9.99. The summed E-state index contributed by atoms with van der Waals surface area (Å²) in [6.07, 6.45) is 4.40. The highest BCUT2D eigenvalue weighted by atomic mass is 14.7. The van der Waals surface area contributed by atoms with Gasteiger partial charge >= 0.3 is 0 Å². The SMILES string of the molecule is CC(C)=CCCC(C)(C)N. The van der Waals surface area contributed by atoms with E-state index in [1.54, 1.807) is 0 Å². The topological polar surface area (TPSA) is 26.0 Å². The Morgan fingerprint density at radius 2 is 1.90 bits per heavy atom. The number of allylic oxidation sites excluding steroid dienone is 2. The summed E-state index contributed by atoms with van der Waals surface area (Å²) in [4.78, 5) is 0. The molecule has 0 unspecified atom stereocenters. The summed E-state index contributed by atoms with van der Waals surface area (Å²) in [5.74, 6) is 0. The van der Waals surface area contributed by atoms with Gasteiger partial charge in [0.05, 0.1) is 0 Å². The summed E-state index contributed by atoms with van der Waals surface area (Å²) in [5.41, 5.74) is 7.16. The molecule has 1 heteroatoms. The van der Waals surface area contributed by atoms with Crippen LogP contribution in [0.4, 0.5) is 0 Å². The van der Waals surface area contributed by atoms with Crippen molar-refractivity contribution in [2.45, 2.75) is 46.1 Å². The van der Waals surface area contributed by atoms with Crippen molar-refractivity contribution in [3.63, 3.8) is 0 Å². The van der Waals surface area contributed by atoms with Gasteiger partial charge in [-0.15, -0.1) is 0 Å². The second-order valence-corrected chi connectivity index (χ2v) is 3.81. The predicted octanol–water partition coefficient (Wildman–Crippen LogP) is 2.47. The summed E-state index contributed by atoms with van der Waals surface area (Å²) >= 11 is 0. The van der Waals surface area contributed by atoms with Crippen LogP contribution in [0.25, 0.3) is 0 Å². The lowest BCUT2D eigenvalue weighted by Gasteiger charge is -2.16. The van der Waals surface area contributed by atoms with Crippen LogP contribution in [-0.4, -0.2) is 5.54 Å². The molecule has 1 nitrogen and oxygen atoms in total. The van der Waals surface area contributed by atoms with Crippen LogP contribution in [0.2, 0.25) is 0 Å². The minimum atomic E-state index is -0.00799. The fraction of sp³-hybridized carbons (Fsp3) is 0.778. The molecule has 0 saturated heterocycles. The molecule has 0 aliphatic heterocycles. The highest BCUT2D eigenvalue weighted by molar-refractivity contribution is 4.94. The Balaban J connectivity index is 3.47. The molecule has 0 atom stereocenters. The van der Waals surface area contributed by atoms with Crippen molar-refractivity contribution in [1.82, 2.24) is 0 Å². The van der Waals surface area contributed by atoms with Crippen molar-refractivity contribution in [2.24, 2.45) is 5.73 Å². The molecule has 10 heavy (non-hydrogen) atoms. The minimum absolute atomic E-state index is 0.00799. The van der Waals surface area contributed by atoms with Gasteiger partial charge in [0.1, 0.15) is 0 Å². The molecule has 0 aromatic rings. The van der Waals surface area contributed by atoms with Gasteiger partial charge in [0.25, 0.3) is 0 Å². The largest absolute Gasteiger partial charge is 0.326 e. The summed E-state index contributed by atoms with van der Waals surface area (Å²) < 4.78 is 0. The van der Waals surface area contributed by atoms with Gasteiger partial charge in [-0.25, -0.2) is 0 Å². The summed E-state index contributed by atoms with van der Waals surface area (Å²) in [7, 11) is 0. The third kappa shape index (κ3) is 7.70. The summed E-state index contributed by atoms with van der Waals surface area (Å²) in [6.45, 7) is 8.35. The van der Waals surface area contributed by atoms with E-state index in [9.17, 15) is 0 Å². The van der Waals surface area contributed by atoms with Gasteiger partial charge in [-0.05, 0) is 40.5 Å². The summed E-state index contributed by atoms with van der Waals surface area (Å²) in [6, 6.07) is 0. The normalized spacial score (nSPS) is 11.3. The average Bonchev–Trinajstić information content (AvgIpc) is 1.59. The highest BCUT2D eigenvalue weighted by Crippen LogP contribution is 2.08. The molecule has 0 bridgehead atoms.